The molecule has 4 heterocycles. The molecule has 0 saturated carbocycles. The number of ketones is 4. The lowest BCUT2D eigenvalue weighted by Crippen LogP contribution is -2.63. The zero-order chi connectivity index (χ0) is 61.7. The molecule has 28 heteroatoms. The van der Waals surface area contributed by atoms with E-state index in [9.17, 15) is 57.5 Å². The Kier molecular flexibility index (Phi) is 18.1. The van der Waals surface area contributed by atoms with Gasteiger partial charge < -0.3 is 47.4 Å². The fourth-order valence-electron chi connectivity index (χ4n) is 10.3. The van der Waals surface area contributed by atoms with E-state index >= 15 is 0 Å². The molecular formula is C58H52N6O22. The topological polar surface area (TPSA) is 359 Å². The molecule has 4 aliphatic rings. The Balaban J connectivity index is 0.856. The number of esters is 8. The quantitative estimate of drug-likeness (QED) is 0.0899. The number of aromatic nitrogens is 6. The lowest BCUT2D eigenvalue weighted by Gasteiger charge is -2.45. The standard InChI is InChI=1S/C58H52N6O22/c1-27(65)79-51-45(85-49(53(81-29(3)67)55(51)83-31(5)69)41-19-43(71)37-14-7-9-16-39(37)47(41)73)23-63-21-35(59-61-63)25-77-57(75)33-12-11-13-34(18-33)58(76)78-26-36-22-64(62-60-36)24-46-52(80-28(2)66)56(84-32(6)70)54(82-30(4)68)50(86-46)42-20-44(72)38-15-8-10-17-40(38)48(42)74/h7-22,45-46,49-56H,23-26H2,1-6H3/t45-,46-,49+,50+,51+,52+,53+,54+,55+,56+/m1/s1. The number of rotatable bonds is 18. The van der Waals surface area contributed by atoms with Crippen molar-refractivity contribution in [2.24, 2.45) is 0 Å². The fraction of sp³-hybridized carbons (Fsp3) is 0.345. The molecule has 5 aromatic rings. The van der Waals surface area contributed by atoms with Gasteiger partial charge in [0.1, 0.15) is 49.0 Å². The minimum atomic E-state index is -1.60. The summed E-state index contributed by atoms with van der Waals surface area (Å²) in [5.41, 5.74) is -0.106. The SMILES string of the molecule is CC(=O)O[C@H]1[C@@H](OC(C)=O)[C@@H](Cn2cc(COC(=O)c3cccc(C(=O)OCc4cn(C[C@H]5O[C@@H](C6=CC(=O)c7ccccc7C6=O)[C@H](OC(C)=O)[C@@H](OC(C)=O)[C@H]5OC(C)=O)nn4)c3)nn2)O[C@@H](C2=CC(=O)c3ccccc3C2=O)[C@@H]1OC(C)=O. The molecule has 0 bridgehead atoms. The normalized spacial score (nSPS) is 23.2. The Morgan fingerprint density at radius 3 is 1.14 bits per heavy atom. The van der Waals surface area contributed by atoms with Crippen LogP contribution in [0, 0.1) is 0 Å². The Morgan fingerprint density at radius 2 is 0.779 bits per heavy atom. The zero-order valence-corrected chi connectivity index (χ0v) is 46.5. The van der Waals surface area contributed by atoms with Gasteiger partial charge in [0.2, 0.25) is 0 Å². The first-order valence-corrected chi connectivity index (χ1v) is 26.4. The van der Waals surface area contributed by atoms with Gasteiger partial charge in [-0.25, -0.2) is 19.0 Å². The van der Waals surface area contributed by atoms with Crippen LogP contribution in [0.3, 0.4) is 0 Å². The second kappa shape index (κ2) is 25.7. The fourth-order valence-corrected chi connectivity index (χ4v) is 10.3. The van der Waals surface area contributed by atoms with Gasteiger partial charge in [-0.1, -0.05) is 65.0 Å². The van der Waals surface area contributed by atoms with Crippen LogP contribution in [0.1, 0.15) is 115 Å². The van der Waals surface area contributed by atoms with E-state index in [1.807, 2.05) is 0 Å². The number of allylic oxidation sites excluding steroid dienone is 2. The molecule has 446 valence electrons. The molecule has 2 aliphatic heterocycles. The Bertz CT molecular complexity index is 3440. The molecule has 0 unspecified atom stereocenters. The van der Waals surface area contributed by atoms with Crippen LogP contribution in [0.2, 0.25) is 0 Å². The van der Waals surface area contributed by atoms with Crippen molar-refractivity contribution in [1.82, 2.24) is 30.0 Å². The predicted molar refractivity (Wildman–Crippen MR) is 282 cm³/mol. The maximum absolute atomic E-state index is 13.9. The van der Waals surface area contributed by atoms with E-state index in [1.165, 1.54) is 70.3 Å². The first kappa shape index (κ1) is 60.4. The number of carbonyl (C=O) groups is 12. The molecule has 0 radical (unpaired) electrons. The van der Waals surface area contributed by atoms with E-state index in [2.05, 4.69) is 20.6 Å². The number of hydrogen-bond acceptors (Lipinski definition) is 26. The molecule has 10 atom stereocenters. The maximum atomic E-state index is 13.9. The van der Waals surface area contributed by atoms with E-state index in [4.69, 9.17) is 47.4 Å². The van der Waals surface area contributed by atoms with Crippen molar-refractivity contribution in [3.05, 3.63) is 153 Å². The van der Waals surface area contributed by atoms with Gasteiger partial charge in [0, 0.05) is 74.9 Å². The van der Waals surface area contributed by atoms with Gasteiger partial charge >= 0.3 is 47.8 Å². The smallest absolute Gasteiger partial charge is 0.338 e. The Labute approximate surface area is 486 Å². The summed E-state index contributed by atoms with van der Waals surface area (Å²) in [6.07, 6.45) is -10.3. The van der Waals surface area contributed by atoms with Gasteiger partial charge in [0.05, 0.1) is 36.6 Å². The molecule has 0 spiro atoms. The van der Waals surface area contributed by atoms with E-state index in [1.54, 1.807) is 24.3 Å². The van der Waals surface area contributed by atoms with Crippen LogP contribution in [0.5, 0.6) is 0 Å². The van der Waals surface area contributed by atoms with Gasteiger partial charge in [0.15, 0.2) is 59.8 Å². The number of ether oxygens (including phenoxy) is 10. The summed E-state index contributed by atoms with van der Waals surface area (Å²) in [7, 11) is 0. The van der Waals surface area contributed by atoms with Crippen molar-refractivity contribution in [3.8, 4) is 0 Å². The van der Waals surface area contributed by atoms with Gasteiger partial charge in [0.25, 0.3) is 0 Å². The van der Waals surface area contributed by atoms with Gasteiger partial charge in [-0.2, -0.15) is 0 Å². The monoisotopic (exact) mass is 1180 g/mol. The number of carbonyl (C=O) groups excluding carboxylic acids is 12. The van der Waals surface area contributed by atoms with Gasteiger partial charge in [-0.3, -0.25) is 47.9 Å². The number of benzene rings is 3. The number of Topliss-reactive ketones (excluding diaryl/α,β-unsaturated/α-hetero) is 2. The summed E-state index contributed by atoms with van der Waals surface area (Å²) in [4.78, 5) is 156. The number of fused-ring (bicyclic) bond motifs is 2. The molecule has 0 amide bonds. The largest absolute Gasteiger partial charge is 0.456 e. The van der Waals surface area contributed by atoms with Crippen LogP contribution in [-0.2, 0) is 102 Å². The minimum Gasteiger partial charge on any atom is -0.456 e. The highest BCUT2D eigenvalue weighted by Crippen LogP contribution is 2.38. The molecule has 3 aromatic carbocycles. The highest BCUT2D eigenvalue weighted by molar-refractivity contribution is 6.26. The Morgan fingerprint density at radius 1 is 0.442 bits per heavy atom. The summed E-state index contributed by atoms with van der Waals surface area (Å²) in [5, 5.41) is 16.3. The van der Waals surface area contributed by atoms with Crippen LogP contribution in [0.25, 0.3) is 0 Å². The molecular weight excluding hydrogens is 1130 g/mol. The summed E-state index contributed by atoms with van der Waals surface area (Å²) in [6.45, 7) is 4.83. The lowest BCUT2D eigenvalue weighted by molar-refractivity contribution is -0.242. The molecule has 2 saturated heterocycles. The zero-order valence-electron chi connectivity index (χ0n) is 46.5. The molecule has 86 heavy (non-hydrogen) atoms. The molecule has 2 fully saturated rings. The third kappa shape index (κ3) is 13.6. The lowest BCUT2D eigenvalue weighted by atomic mass is 9.82. The molecule has 0 N–H and O–H groups in total. The van der Waals surface area contributed by atoms with Gasteiger partial charge in [-0.05, 0) is 30.4 Å². The summed E-state index contributed by atoms with van der Waals surface area (Å²) < 4.78 is 59.7. The van der Waals surface area contributed by atoms with E-state index < -0.39 is 145 Å². The number of hydrogen-bond donors (Lipinski definition) is 0. The third-order valence-electron chi connectivity index (χ3n) is 13.6. The van der Waals surface area contributed by atoms with E-state index in [0.717, 1.165) is 53.7 Å². The summed E-state index contributed by atoms with van der Waals surface area (Å²) >= 11 is 0. The van der Waals surface area contributed by atoms with Crippen molar-refractivity contribution in [1.29, 1.82) is 0 Å². The van der Waals surface area contributed by atoms with Crippen molar-refractivity contribution in [2.45, 2.75) is 129 Å². The maximum Gasteiger partial charge on any atom is 0.338 e. The molecule has 2 aromatic heterocycles. The first-order chi connectivity index (χ1) is 41.0. The molecule has 28 nitrogen and oxygen atoms in total. The summed E-state index contributed by atoms with van der Waals surface area (Å²) in [6, 6.07) is 17.4. The number of nitrogens with zero attached hydrogens (tertiary/aromatic N) is 6. The van der Waals surface area contributed by atoms with Crippen LogP contribution in [0.4, 0.5) is 0 Å². The van der Waals surface area contributed by atoms with E-state index in [0.29, 0.717) is 0 Å². The van der Waals surface area contributed by atoms with Crippen LogP contribution in [0.15, 0.2) is 108 Å². The molecule has 9 rings (SSSR count). The predicted octanol–water partition coefficient (Wildman–Crippen LogP) is 2.72. The van der Waals surface area contributed by atoms with E-state index in [-0.39, 0.29) is 69.0 Å². The molecule has 2 aliphatic carbocycles. The Hall–Kier alpha value is -10.2. The summed E-state index contributed by atoms with van der Waals surface area (Å²) in [5.74, 6) is -9.38. The third-order valence-corrected chi connectivity index (χ3v) is 13.6. The van der Waals surface area contributed by atoms with Crippen LogP contribution in [-0.4, -0.2) is 162 Å². The van der Waals surface area contributed by atoms with Crippen molar-refractivity contribution >= 4 is 70.9 Å². The second-order valence-corrected chi connectivity index (χ2v) is 19.9. The average molecular weight is 1190 g/mol. The minimum absolute atomic E-state index is 0.0451. The highest BCUT2D eigenvalue weighted by Gasteiger charge is 2.56. The van der Waals surface area contributed by atoms with Crippen molar-refractivity contribution < 1.29 is 105 Å². The van der Waals surface area contributed by atoms with Crippen molar-refractivity contribution in [2.75, 3.05) is 0 Å². The first-order valence-electron chi connectivity index (χ1n) is 26.4. The average Bonchev–Trinajstić information content (AvgIpc) is 3.99. The van der Waals surface area contributed by atoms with Crippen LogP contribution < -0.4 is 0 Å². The van der Waals surface area contributed by atoms with Crippen molar-refractivity contribution in [3.63, 3.8) is 0 Å². The van der Waals surface area contributed by atoms with Crippen LogP contribution >= 0.6 is 0 Å². The van der Waals surface area contributed by atoms with Gasteiger partial charge in [-0.15, -0.1) is 10.2 Å². The highest BCUT2D eigenvalue weighted by atomic mass is 16.7. The second-order valence-electron chi connectivity index (χ2n) is 19.9.